The van der Waals surface area contributed by atoms with Crippen LogP contribution in [0, 0.1) is 17.9 Å². The van der Waals surface area contributed by atoms with Gasteiger partial charge in [-0.05, 0) is 23.3 Å². The van der Waals surface area contributed by atoms with Crippen LogP contribution in [0.15, 0.2) is 22.7 Å². The summed E-state index contributed by atoms with van der Waals surface area (Å²) in [7, 11) is 0. The number of rotatable bonds is 2. The normalized spacial score (nSPS) is 10.1. The van der Waals surface area contributed by atoms with Crippen molar-refractivity contribution in [3.8, 4) is 6.07 Å². The van der Waals surface area contributed by atoms with Crippen molar-refractivity contribution in [2.24, 2.45) is 0 Å². The van der Waals surface area contributed by atoms with E-state index in [9.17, 15) is 5.26 Å². The Morgan fingerprint density at radius 2 is 1.82 bits per heavy atom. The maximum absolute atomic E-state index is 9.35. The van der Waals surface area contributed by atoms with E-state index in [1.54, 1.807) is 6.07 Å². The first-order valence-corrected chi connectivity index (χ1v) is 8.12. The summed E-state index contributed by atoms with van der Waals surface area (Å²) in [6.45, 7) is 7.10. The first-order valence-electron chi connectivity index (χ1n) is 5.81. The van der Waals surface area contributed by atoms with Crippen LogP contribution in [-0.2, 0) is 6.42 Å². The van der Waals surface area contributed by atoms with Crippen molar-refractivity contribution in [2.75, 3.05) is 0 Å². The fraction of sp³-hybridized carbons (Fsp3) is 0.0667. The van der Waals surface area contributed by atoms with E-state index in [0.29, 0.717) is 10.6 Å². The fourth-order valence-electron chi connectivity index (χ4n) is 1.93. The number of nitrogens with zero attached hydrogens (tertiary/aromatic N) is 2. The summed E-state index contributed by atoms with van der Waals surface area (Å²) < 4.78 is 0.840. The van der Waals surface area contributed by atoms with Gasteiger partial charge in [-0.2, -0.15) is 5.26 Å². The van der Waals surface area contributed by atoms with E-state index in [4.69, 9.17) is 53.0 Å². The molecule has 0 aliphatic rings. The van der Waals surface area contributed by atoms with Crippen molar-refractivity contribution >= 4 is 68.0 Å². The van der Waals surface area contributed by atoms with Crippen molar-refractivity contribution in [1.29, 1.82) is 5.26 Å². The second-order valence-corrected chi connectivity index (χ2v) is 6.74. The molecule has 0 aliphatic heterocycles. The molecule has 7 heteroatoms. The number of nitriles is 1. The highest BCUT2D eigenvalue weighted by Crippen LogP contribution is 2.44. The molecule has 0 atom stereocenters. The molecule has 2 aromatic carbocycles. The number of hydrogen-bond acceptors (Lipinski definition) is 1. The van der Waals surface area contributed by atoms with Crippen molar-refractivity contribution in [2.45, 2.75) is 6.42 Å². The van der Waals surface area contributed by atoms with Gasteiger partial charge < -0.3 is 0 Å². The lowest BCUT2D eigenvalue weighted by molar-refractivity contribution is 1.18. The number of halogens is 5. The average molecular weight is 435 g/mol. The van der Waals surface area contributed by atoms with E-state index in [1.165, 1.54) is 0 Å². The Bertz CT molecular complexity index is 850. The Morgan fingerprint density at radius 1 is 1.14 bits per heavy atom. The summed E-state index contributed by atoms with van der Waals surface area (Å²) in [4.78, 5) is 3.23. The number of benzene rings is 2. The fourth-order valence-corrected chi connectivity index (χ4v) is 3.51. The van der Waals surface area contributed by atoms with E-state index in [-0.39, 0.29) is 32.7 Å². The van der Waals surface area contributed by atoms with Crippen LogP contribution >= 0.6 is 62.3 Å². The molecule has 0 unspecified atom stereocenters. The van der Waals surface area contributed by atoms with Gasteiger partial charge in [0.25, 0.3) is 0 Å². The van der Waals surface area contributed by atoms with E-state index < -0.39 is 0 Å². The maximum atomic E-state index is 9.35. The molecule has 0 N–H and O–H groups in total. The van der Waals surface area contributed by atoms with Crippen LogP contribution in [-0.4, -0.2) is 0 Å². The summed E-state index contributed by atoms with van der Waals surface area (Å²) in [6.07, 6.45) is 0.283. The Morgan fingerprint density at radius 3 is 2.36 bits per heavy atom. The monoisotopic (exact) mass is 432 g/mol. The highest BCUT2D eigenvalue weighted by molar-refractivity contribution is 9.10. The highest BCUT2D eigenvalue weighted by Gasteiger charge is 2.22. The largest absolute Gasteiger partial charge is 0.235 e. The first kappa shape index (κ1) is 17.4. The number of hydrogen-bond donors (Lipinski definition) is 0. The first-order chi connectivity index (χ1) is 10.4. The molecule has 0 amide bonds. The van der Waals surface area contributed by atoms with Crippen molar-refractivity contribution in [3.63, 3.8) is 0 Å². The molecule has 2 nitrogen and oxygen atoms in total. The van der Waals surface area contributed by atoms with Crippen LogP contribution in [0.2, 0.25) is 20.1 Å². The molecule has 0 fully saturated rings. The molecule has 0 spiro atoms. The second-order valence-electron chi connectivity index (χ2n) is 4.28. The van der Waals surface area contributed by atoms with Crippen LogP contribution in [0.4, 0.5) is 5.69 Å². The van der Waals surface area contributed by atoms with E-state index >= 15 is 0 Å². The molecular weight excluding hydrogens is 430 g/mol. The molecule has 0 heterocycles. The zero-order valence-corrected chi connectivity index (χ0v) is 15.3. The zero-order valence-electron chi connectivity index (χ0n) is 10.7. The van der Waals surface area contributed by atoms with Gasteiger partial charge in [-0.3, -0.25) is 0 Å². The Kier molecular flexibility index (Phi) is 5.61. The molecule has 0 bridgehead atoms. The minimum atomic E-state index is -0.0180. The summed E-state index contributed by atoms with van der Waals surface area (Å²) in [6, 6.07) is 7.38. The molecule has 2 aromatic rings. The van der Waals surface area contributed by atoms with Crippen molar-refractivity contribution in [3.05, 3.63) is 70.9 Å². The Balaban J connectivity index is 2.66. The molecule has 0 saturated carbocycles. The summed E-state index contributed by atoms with van der Waals surface area (Å²) in [5, 5.41) is 10.1. The molecule has 110 valence electrons. The summed E-state index contributed by atoms with van der Waals surface area (Å²) >= 11 is 27.9. The van der Waals surface area contributed by atoms with Gasteiger partial charge in [0.1, 0.15) is 0 Å². The quantitative estimate of drug-likeness (QED) is 0.366. The van der Waals surface area contributed by atoms with Gasteiger partial charge in [0.2, 0.25) is 5.69 Å². The molecule has 22 heavy (non-hydrogen) atoms. The van der Waals surface area contributed by atoms with Gasteiger partial charge in [-0.1, -0.05) is 68.4 Å². The summed E-state index contributed by atoms with van der Waals surface area (Å²) in [5.41, 5.74) is 1.35. The van der Waals surface area contributed by atoms with Crippen molar-refractivity contribution in [1.82, 2.24) is 0 Å². The topological polar surface area (TPSA) is 28.1 Å². The molecule has 0 aliphatic carbocycles. The third-order valence-electron chi connectivity index (χ3n) is 3.00. The minimum Gasteiger partial charge on any atom is -0.235 e. The van der Waals surface area contributed by atoms with Crippen LogP contribution in [0.25, 0.3) is 4.85 Å². The third kappa shape index (κ3) is 3.20. The van der Waals surface area contributed by atoms with E-state index in [2.05, 4.69) is 20.8 Å². The summed E-state index contributed by atoms with van der Waals surface area (Å²) in [5.74, 6) is 0. The van der Waals surface area contributed by atoms with Crippen molar-refractivity contribution < 1.29 is 0 Å². The van der Waals surface area contributed by atoms with Crippen LogP contribution in [0.1, 0.15) is 16.7 Å². The van der Waals surface area contributed by atoms with Gasteiger partial charge in [0.15, 0.2) is 0 Å². The lowest BCUT2D eigenvalue weighted by atomic mass is 9.99. The van der Waals surface area contributed by atoms with Gasteiger partial charge in [-0.25, -0.2) is 4.85 Å². The van der Waals surface area contributed by atoms with Gasteiger partial charge in [-0.15, -0.1) is 0 Å². The lowest BCUT2D eigenvalue weighted by Crippen LogP contribution is -1.97. The zero-order chi connectivity index (χ0) is 16.4. The van der Waals surface area contributed by atoms with E-state index in [0.717, 1.165) is 10.0 Å². The molecule has 0 aromatic heterocycles. The van der Waals surface area contributed by atoms with Crippen LogP contribution in [0.3, 0.4) is 0 Å². The van der Waals surface area contributed by atoms with Gasteiger partial charge >= 0.3 is 0 Å². The van der Waals surface area contributed by atoms with E-state index in [1.807, 2.05) is 18.2 Å². The van der Waals surface area contributed by atoms with Gasteiger partial charge in [0.05, 0.1) is 33.3 Å². The average Bonchev–Trinajstić information content (AvgIpc) is 2.48. The standard InChI is InChI=1S/C15H5BrCl4N2/c1-22-15-13(19)10(6-21)9(12(18)14(15)20)4-7-2-3-8(16)5-11(7)17/h2-3,5H,4H2. The SMILES string of the molecule is [C-]#[N+]c1c(Cl)c(Cl)c(Cc2ccc(Br)cc2Cl)c(C#N)c1Cl. The van der Waals surface area contributed by atoms with Gasteiger partial charge in [0, 0.05) is 15.9 Å². The second kappa shape index (κ2) is 7.09. The minimum absolute atomic E-state index is 0.00938. The predicted molar refractivity (Wildman–Crippen MR) is 94.4 cm³/mol. The smallest absolute Gasteiger partial charge is 0.226 e. The Hall–Kier alpha value is -0.940. The maximum Gasteiger partial charge on any atom is 0.226 e. The molecular formula is C15H5BrCl4N2. The lowest BCUT2D eigenvalue weighted by Gasteiger charge is -2.13. The molecule has 0 radical (unpaired) electrons. The van der Waals surface area contributed by atoms with Crippen LogP contribution < -0.4 is 0 Å². The highest BCUT2D eigenvalue weighted by atomic mass is 79.9. The Labute approximate surface area is 156 Å². The van der Waals surface area contributed by atoms with Crippen LogP contribution in [0.5, 0.6) is 0 Å². The molecule has 2 rings (SSSR count). The molecule has 0 saturated heterocycles. The third-order valence-corrected chi connectivity index (χ3v) is 5.10. The predicted octanol–water partition coefficient (Wildman–Crippen LogP) is 7.08.